The number of urea groups is 1. The number of nitrogens with one attached hydrogen (secondary N) is 1. The van der Waals surface area contributed by atoms with Gasteiger partial charge in [-0.3, -0.25) is 4.84 Å². The van der Waals surface area contributed by atoms with Gasteiger partial charge >= 0.3 is 6.03 Å². The van der Waals surface area contributed by atoms with Crippen LogP contribution in [-0.4, -0.2) is 31.6 Å². The highest BCUT2D eigenvalue weighted by Crippen LogP contribution is 1.75. The van der Waals surface area contributed by atoms with Gasteiger partial charge in [-0.05, 0) is 6.92 Å². The molecule has 0 saturated carbocycles. The van der Waals surface area contributed by atoms with Crippen LogP contribution in [0.2, 0.25) is 0 Å². The molecule has 9 heavy (non-hydrogen) atoms. The molecule has 0 aliphatic carbocycles. The lowest BCUT2D eigenvalue weighted by Crippen LogP contribution is -2.34. The van der Waals surface area contributed by atoms with Crippen molar-refractivity contribution in [1.29, 1.82) is 0 Å². The topological polar surface area (TPSA) is 41.6 Å². The third-order valence-corrected chi connectivity index (χ3v) is 0.710. The monoisotopic (exact) mass is 132 g/mol. The van der Waals surface area contributed by atoms with Crippen molar-refractivity contribution in [3.05, 3.63) is 0 Å². The van der Waals surface area contributed by atoms with Crippen molar-refractivity contribution in [2.75, 3.05) is 20.7 Å². The van der Waals surface area contributed by atoms with Crippen LogP contribution in [0.1, 0.15) is 6.92 Å². The van der Waals surface area contributed by atoms with Crippen LogP contribution in [0.5, 0.6) is 0 Å². The maximum absolute atomic E-state index is 10.6. The molecule has 0 bridgehead atoms. The van der Waals surface area contributed by atoms with E-state index in [0.29, 0.717) is 6.61 Å². The van der Waals surface area contributed by atoms with E-state index in [2.05, 4.69) is 10.3 Å². The van der Waals surface area contributed by atoms with Crippen molar-refractivity contribution >= 4 is 6.03 Å². The maximum atomic E-state index is 10.6. The first-order valence-corrected chi connectivity index (χ1v) is 2.77. The number of rotatable bonds is 2. The molecule has 0 aromatic heterocycles. The minimum atomic E-state index is -0.239. The predicted octanol–water partition coefficient (Wildman–Crippen LogP) is 0.209. The Morgan fingerprint density at radius 1 is 1.67 bits per heavy atom. The summed E-state index contributed by atoms with van der Waals surface area (Å²) < 4.78 is 0. The molecule has 0 aliphatic rings. The minimum absolute atomic E-state index is 0.239. The van der Waals surface area contributed by atoms with Gasteiger partial charge in [0.2, 0.25) is 0 Å². The third-order valence-electron chi connectivity index (χ3n) is 0.710. The predicted molar refractivity (Wildman–Crippen MR) is 33.8 cm³/mol. The molecule has 4 heteroatoms. The first kappa shape index (κ1) is 8.23. The summed E-state index contributed by atoms with van der Waals surface area (Å²) in [6.45, 7) is 2.29. The van der Waals surface area contributed by atoms with Gasteiger partial charge in [0, 0.05) is 14.1 Å². The standard InChI is InChI=1S/C5H12N2O2/c1-4-9-6-5(8)7(2)3/h4H2,1-3H3,(H,6,8). The Balaban J connectivity index is 3.28. The molecule has 0 heterocycles. The zero-order valence-electron chi connectivity index (χ0n) is 5.97. The second-order valence-electron chi connectivity index (χ2n) is 1.73. The number of nitrogens with zero attached hydrogens (tertiary/aromatic N) is 1. The molecule has 0 saturated heterocycles. The quantitative estimate of drug-likeness (QED) is 0.546. The van der Waals surface area contributed by atoms with Gasteiger partial charge in [-0.1, -0.05) is 0 Å². The minimum Gasteiger partial charge on any atom is -0.329 e. The Bertz CT molecular complexity index is 93.0. The van der Waals surface area contributed by atoms with E-state index in [-0.39, 0.29) is 6.03 Å². The summed E-state index contributed by atoms with van der Waals surface area (Å²) >= 11 is 0. The second-order valence-corrected chi connectivity index (χ2v) is 1.73. The van der Waals surface area contributed by atoms with Gasteiger partial charge in [0.05, 0.1) is 6.61 Å². The largest absolute Gasteiger partial charge is 0.340 e. The van der Waals surface area contributed by atoms with Crippen molar-refractivity contribution < 1.29 is 9.63 Å². The molecule has 0 fully saturated rings. The normalized spacial score (nSPS) is 8.78. The third kappa shape index (κ3) is 3.78. The molecule has 0 spiro atoms. The van der Waals surface area contributed by atoms with Gasteiger partial charge in [0.1, 0.15) is 0 Å². The molecule has 0 aromatic rings. The zero-order valence-corrected chi connectivity index (χ0v) is 5.97. The van der Waals surface area contributed by atoms with Crippen LogP contribution in [0.15, 0.2) is 0 Å². The van der Waals surface area contributed by atoms with Crippen LogP contribution in [0.4, 0.5) is 4.79 Å². The summed E-state index contributed by atoms with van der Waals surface area (Å²) in [7, 11) is 3.29. The van der Waals surface area contributed by atoms with E-state index in [1.54, 1.807) is 21.0 Å². The van der Waals surface area contributed by atoms with Crippen molar-refractivity contribution in [3.8, 4) is 0 Å². The van der Waals surface area contributed by atoms with Gasteiger partial charge in [-0.25, -0.2) is 10.3 Å². The Morgan fingerprint density at radius 3 is 2.56 bits per heavy atom. The number of hydroxylamine groups is 1. The van der Waals surface area contributed by atoms with Gasteiger partial charge < -0.3 is 4.90 Å². The van der Waals surface area contributed by atoms with E-state index < -0.39 is 0 Å². The summed E-state index contributed by atoms with van der Waals surface area (Å²) in [5.41, 5.74) is 2.22. The molecular weight excluding hydrogens is 120 g/mol. The summed E-state index contributed by atoms with van der Waals surface area (Å²) in [4.78, 5) is 16.6. The molecule has 1 N–H and O–H groups in total. The number of hydrogen-bond acceptors (Lipinski definition) is 2. The van der Waals surface area contributed by atoms with Crippen LogP contribution >= 0.6 is 0 Å². The lowest BCUT2D eigenvalue weighted by Gasteiger charge is -2.09. The van der Waals surface area contributed by atoms with Crippen molar-refractivity contribution in [2.24, 2.45) is 0 Å². The number of hydrogen-bond donors (Lipinski definition) is 1. The van der Waals surface area contributed by atoms with Crippen molar-refractivity contribution in [3.63, 3.8) is 0 Å². The summed E-state index contributed by atoms with van der Waals surface area (Å²) in [6, 6.07) is -0.239. The highest BCUT2D eigenvalue weighted by molar-refractivity contribution is 5.72. The Labute approximate surface area is 54.7 Å². The molecule has 0 unspecified atom stereocenters. The summed E-state index contributed by atoms with van der Waals surface area (Å²) in [5.74, 6) is 0. The molecule has 0 radical (unpaired) electrons. The fourth-order valence-electron chi connectivity index (χ4n) is 0.225. The lowest BCUT2D eigenvalue weighted by molar-refractivity contribution is 0.0611. The molecule has 0 atom stereocenters. The van der Waals surface area contributed by atoms with E-state index in [1.165, 1.54) is 4.90 Å². The first-order chi connectivity index (χ1) is 4.18. The molecule has 54 valence electrons. The van der Waals surface area contributed by atoms with Crippen LogP contribution in [0.25, 0.3) is 0 Å². The van der Waals surface area contributed by atoms with E-state index >= 15 is 0 Å². The fourth-order valence-corrected chi connectivity index (χ4v) is 0.225. The molecule has 2 amide bonds. The van der Waals surface area contributed by atoms with Crippen LogP contribution in [0.3, 0.4) is 0 Å². The number of carbonyl (C=O) groups is 1. The average molecular weight is 132 g/mol. The van der Waals surface area contributed by atoms with E-state index in [4.69, 9.17) is 0 Å². The molecule has 4 nitrogen and oxygen atoms in total. The molecule has 0 rings (SSSR count). The van der Waals surface area contributed by atoms with Crippen molar-refractivity contribution in [2.45, 2.75) is 6.92 Å². The van der Waals surface area contributed by atoms with Gasteiger partial charge in [0.25, 0.3) is 0 Å². The van der Waals surface area contributed by atoms with Gasteiger partial charge in [-0.15, -0.1) is 0 Å². The smallest absolute Gasteiger partial charge is 0.329 e. The SMILES string of the molecule is CCONC(=O)N(C)C. The van der Waals surface area contributed by atoms with Gasteiger partial charge in [-0.2, -0.15) is 0 Å². The van der Waals surface area contributed by atoms with E-state index in [9.17, 15) is 4.79 Å². The maximum Gasteiger partial charge on any atom is 0.340 e. The van der Waals surface area contributed by atoms with Crippen LogP contribution in [0, 0.1) is 0 Å². The summed E-state index contributed by atoms with van der Waals surface area (Å²) in [5, 5.41) is 0. The van der Waals surface area contributed by atoms with E-state index in [1.807, 2.05) is 0 Å². The van der Waals surface area contributed by atoms with Crippen molar-refractivity contribution in [1.82, 2.24) is 10.4 Å². The Hall–Kier alpha value is -0.770. The van der Waals surface area contributed by atoms with Gasteiger partial charge in [0.15, 0.2) is 0 Å². The highest BCUT2D eigenvalue weighted by Gasteiger charge is 1.99. The average Bonchev–Trinajstić information content (AvgIpc) is 1.82. The molecular formula is C5H12N2O2. The van der Waals surface area contributed by atoms with Crippen LogP contribution in [-0.2, 0) is 4.84 Å². The Morgan fingerprint density at radius 2 is 2.22 bits per heavy atom. The molecule has 0 aromatic carbocycles. The Kier molecular flexibility index (Phi) is 3.79. The first-order valence-electron chi connectivity index (χ1n) is 2.77. The fraction of sp³-hybridized carbons (Fsp3) is 0.800. The van der Waals surface area contributed by atoms with E-state index in [0.717, 1.165) is 0 Å². The second kappa shape index (κ2) is 4.14. The molecule has 0 aliphatic heterocycles. The van der Waals surface area contributed by atoms with Crippen LogP contribution < -0.4 is 5.48 Å². The summed E-state index contributed by atoms with van der Waals surface area (Å²) in [6.07, 6.45) is 0. The lowest BCUT2D eigenvalue weighted by atomic mass is 10.8. The zero-order chi connectivity index (χ0) is 7.28. The number of amides is 2. The highest BCUT2D eigenvalue weighted by atomic mass is 16.7. The number of carbonyl (C=O) groups excluding carboxylic acids is 1.